The number of halogens is 1. The van der Waals surface area contributed by atoms with Crippen molar-refractivity contribution in [3.8, 4) is 17.6 Å². The van der Waals surface area contributed by atoms with Crippen LogP contribution in [0.1, 0.15) is 17.0 Å². The van der Waals surface area contributed by atoms with Crippen molar-refractivity contribution in [1.82, 2.24) is 9.97 Å². The number of rotatable bonds is 6. The number of methoxy groups -OCH3 is 1. The van der Waals surface area contributed by atoms with Crippen LogP contribution in [-0.2, 0) is 6.61 Å². The third-order valence-electron chi connectivity index (χ3n) is 4.62. The van der Waals surface area contributed by atoms with Crippen molar-refractivity contribution in [2.45, 2.75) is 6.61 Å². The molecule has 0 spiro atoms. The van der Waals surface area contributed by atoms with E-state index >= 15 is 0 Å². The number of allylic oxidation sites excluding steroid dienone is 1. The summed E-state index contributed by atoms with van der Waals surface area (Å²) < 4.78 is 24.9. The molecule has 0 atom stereocenters. The molecule has 0 saturated carbocycles. The quantitative estimate of drug-likeness (QED) is 0.444. The first-order chi connectivity index (χ1) is 14.7. The molecule has 1 N–H and O–H groups in total. The Morgan fingerprint density at radius 2 is 1.93 bits per heavy atom. The van der Waals surface area contributed by atoms with Crippen molar-refractivity contribution in [3.63, 3.8) is 0 Å². The Labute approximate surface area is 173 Å². The normalized spacial score (nSPS) is 11.3. The molecule has 0 amide bonds. The molecular formula is C24H18FN3O2. The molecule has 0 unspecified atom stereocenters. The zero-order valence-electron chi connectivity index (χ0n) is 16.2. The number of aromatic nitrogens is 2. The highest BCUT2D eigenvalue weighted by atomic mass is 19.1. The predicted octanol–water partition coefficient (Wildman–Crippen LogP) is 5.35. The summed E-state index contributed by atoms with van der Waals surface area (Å²) in [4.78, 5) is 7.65. The zero-order valence-corrected chi connectivity index (χ0v) is 16.2. The van der Waals surface area contributed by atoms with Crippen LogP contribution >= 0.6 is 0 Å². The molecule has 3 aromatic carbocycles. The van der Waals surface area contributed by atoms with Gasteiger partial charge in [-0.15, -0.1) is 0 Å². The number of hydrogen-bond acceptors (Lipinski definition) is 4. The van der Waals surface area contributed by atoms with E-state index in [1.165, 1.54) is 6.07 Å². The third-order valence-corrected chi connectivity index (χ3v) is 4.62. The Morgan fingerprint density at radius 1 is 1.13 bits per heavy atom. The first-order valence-corrected chi connectivity index (χ1v) is 9.29. The van der Waals surface area contributed by atoms with E-state index in [-0.39, 0.29) is 12.4 Å². The van der Waals surface area contributed by atoms with E-state index in [1.807, 2.05) is 36.4 Å². The Balaban J connectivity index is 1.65. The number of aromatic amines is 1. The van der Waals surface area contributed by atoms with Crippen LogP contribution in [-0.4, -0.2) is 17.1 Å². The molecule has 1 aromatic heterocycles. The van der Waals surface area contributed by atoms with Crippen LogP contribution in [0.2, 0.25) is 0 Å². The minimum Gasteiger partial charge on any atom is -0.497 e. The largest absolute Gasteiger partial charge is 0.497 e. The molecule has 4 rings (SSSR count). The van der Waals surface area contributed by atoms with Gasteiger partial charge in [0.2, 0.25) is 0 Å². The fourth-order valence-electron chi connectivity index (χ4n) is 3.05. The second kappa shape index (κ2) is 8.50. The summed E-state index contributed by atoms with van der Waals surface area (Å²) in [6.07, 6.45) is 1.70. The molecule has 0 aliphatic carbocycles. The average molecular weight is 399 g/mol. The zero-order chi connectivity index (χ0) is 20.9. The fourth-order valence-corrected chi connectivity index (χ4v) is 3.05. The Kier molecular flexibility index (Phi) is 5.44. The van der Waals surface area contributed by atoms with Gasteiger partial charge in [-0.3, -0.25) is 0 Å². The van der Waals surface area contributed by atoms with E-state index in [9.17, 15) is 9.65 Å². The second-order valence-electron chi connectivity index (χ2n) is 6.56. The van der Waals surface area contributed by atoms with E-state index in [0.29, 0.717) is 34.0 Å². The average Bonchev–Trinajstić information content (AvgIpc) is 3.20. The van der Waals surface area contributed by atoms with Crippen molar-refractivity contribution in [3.05, 3.63) is 89.5 Å². The standard InChI is InChI=1S/C24H18FN3O2/c1-29-19-10-11-21-22(13-19)28-24(27-21)18(14-26)12-16-6-3-5-9-23(16)30-15-17-7-2-4-8-20(17)25/h2-13H,15H2,1H3,(H,27,28). The molecule has 0 fully saturated rings. The van der Waals surface area contributed by atoms with Gasteiger partial charge in [0.05, 0.1) is 23.7 Å². The topological polar surface area (TPSA) is 70.9 Å². The molecule has 0 aliphatic heterocycles. The second-order valence-corrected chi connectivity index (χ2v) is 6.56. The number of nitriles is 1. The minimum absolute atomic E-state index is 0.0871. The molecule has 0 saturated heterocycles. The van der Waals surface area contributed by atoms with Crippen molar-refractivity contribution in [1.29, 1.82) is 5.26 Å². The lowest BCUT2D eigenvalue weighted by Gasteiger charge is -2.10. The number of fused-ring (bicyclic) bond motifs is 1. The lowest BCUT2D eigenvalue weighted by molar-refractivity contribution is 0.299. The van der Waals surface area contributed by atoms with Crippen molar-refractivity contribution in [2.24, 2.45) is 0 Å². The van der Waals surface area contributed by atoms with E-state index in [2.05, 4.69) is 16.0 Å². The van der Waals surface area contributed by atoms with E-state index < -0.39 is 0 Å². The van der Waals surface area contributed by atoms with Gasteiger partial charge < -0.3 is 14.5 Å². The first-order valence-electron chi connectivity index (χ1n) is 9.29. The van der Waals surface area contributed by atoms with E-state index in [1.54, 1.807) is 37.5 Å². The summed E-state index contributed by atoms with van der Waals surface area (Å²) in [5.74, 6) is 1.38. The molecule has 0 aliphatic rings. The third kappa shape index (κ3) is 4.01. The summed E-state index contributed by atoms with van der Waals surface area (Å²) >= 11 is 0. The smallest absolute Gasteiger partial charge is 0.149 e. The van der Waals surface area contributed by atoms with Crippen molar-refractivity contribution in [2.75, 3.05) is 7.11 Å². The summed E-state index contributed by atoms with van der Waals surface area (Å²) in [5, 5.41) is 9.71. The van der Waals surface area contributed by atoms with Gasteiger partial charge in [0.25, 0.3) is 0 Å². The molecule has 148 valence electrons. The molecule has 30 heavy (non-hydrogen) atoms. The van der Waals surface area contributed by atoms with Gasteiger partial charge in [0, 0.05) is 17.2 Å². The number of nitrogens with one attached hydrogen (secondary N) is 1. The molecule has 4 aromatic rings. The van der Waals surface area contributed by atoms with Gasteiger partial charge in [0.15, 0.2) is 0 Å². The summed E-state index contributed by atoms with van der Waals surface area (Å²) in [6, 6.07) is 21.4. The lowest BCUT2D eigenvalue weighted by atomic mass is 10.1. The first kappa shape index (κ1) is 19.2. The van der Waals surface area contributed by atoms with Crippen molar-refractivity contribution < 1.29 is 13.9 Å². The van der Waals surface area contributed by atoms with Gasteiger partial charge >= 0.3 is 0 Å². The molecule has 6 heteroatoms. The predicted molar refractivity (Wildman–Crippen MR) is 113 cm³/mol. The van der Waals surface area contributed by atoms with Gasteiger partial charge in [-0.1, -0.05) is 36.4 Å². The lowest BCUT2D eigenvalue weighted by Crippen LogP contribution is -1.99. The molecule has 1 heterocycles. The number of para-hydroxylation sites is 1. The van der Waals surface area contributed by atoms with Crippen LogP contribution in [0.3, 0.4) is 0 Å². The monoisotopic (exact) mass is 399 g/mol. The van der Waals surface area contributed by atoms with Crippen LogP contribution in [0.15, 0.2) is 66.7 Å². The minimum atomic E-state index is -0.319. The fraction of sp³-hybridized carbons (Fsp3) is 0.0833. The molecule has 5 nitrogen and oxygen atoms in total. The number of H-pyrrole nitrogens is 1. The van der Waals surface area contributed by atoms with Gasteiger partial charge in [-0.05, 0) is 30.3 Å². The number of imidazole rings is 1. The summed E-state index contributed by atoms with van der Waals surface area (Å²) in [6.45, 7) is 0.0871. The Morgan fingerprint density at radius 3 is 2.73 bits per heavy atom. The number of hydrogen-bond donors (Lipinski definition) is 1. The SMILES string of the molecule is COc1ccc2nc(C(C#N)=Cc3ccccc3OCc3ccccc3F)[nH]c2c1. The maximum atomic E-state index is 13.9. The summed E-state index contributed by atoms with van der Waals surface area (Å²) in [7, 11) is 1.59. The number of nitrogens with zero attached hydrogens (tertiary/aromatic N) is 2. The molecule has 0 radical (unpaired) electrons. The van der Waals surface area contributed by atoms with Gasteiger partial charge in [-0.2, -0.15) is 5.26 Å². The van der Waals surface area contributed by atoms with Crippen LogP contribution in [0.5, 0.6) is 11.5 Å². The highest BCUT2D eigenvalue weighted by molar-refractivity contribution is 5.91. The number of benzene rings is 3. The van der Waals surface area contributed by atoms with Gasteiger partial charge in [-0.25, -0.2) is 9.37 Å². The summed E-state index contributed by atoms with van der Waals surface area (Å²) in [5.41, 5.74) is 3.02. The van der Waals surface area contributed by atoms with Crippen LogP contribution in [0.25, 0.3) is 22.7 Å². The Bertz CT molecular complexity index is 1270. The van der Waals surface area contributed by atoms with Crippen LogP contribution in [0.4, 0.5) is 4.39 Å². The maximum absolute atomic E-state index is 13.9. The van der Waals surface area contributed by atoms with E-state index in [4.69, 9.17) is 9.47 Å². The molecular weight excluding hydrogens is 381 g/mol. The van der Waals surface area contributed by atoms with Crippen LogP contribution < -0.4 is 9.47 Å². The van der Waals surface area contributed by atoms with Crippen LogP contribution in [0, 0.1) is 17.1 Å². The van der Waals surface area contributed by atoms with Gasteiger partial charge in [0.1, 0.15) is 35.8 Å². The van der Waals surface area contributed by atoms with E-state index in [0.717, 1.165) is 11.0 Å². The Hall–Kier alpha value is -4.11. The number of ether oxygens (including phenoxy) is 2. The van der Waals surface area contributed by atoms with Crippen molar-refractivity contribution >= 4 is 22.7 Å². The molecule has 0 bridgehead atoms. The highest BCUT2D eigenvalue weighted by Crippen LogP contribution is 2.26. The highest BCUT2D eigenvalue weighted by Gasteiger charge is 2.11. The maximum Gasteiger partial charge on any atom is 0.149 e.